The van der Waals surface area contributed by atoms with E-state index in [2.05, 4.69) is 39.1 Å². The molecule has 2 aromatic carbocycles. The monoisotopic (exact) mass is 426 g/mol. The maximum atomic E-state index is 13.6. The zero-order valence-corrected chi connectivity index (χ0v) is 17.9. The molecule has 0 N–H and O–H groups in total. The van der Waals surface area contributed by atoms with E-state index >= 15 is 0 Å². The van der Waals surface area contributed by atoms with Crippen LogP contribution in [0.5, 0.6) is 0 Å². The Bertz CT molecular complexity index is 1110. The average molecular weight is 427 g/mol. The predicted molar refractivity (Wildman–Crippen MR) is 122 cm³/mol. The minimum absolute atomic E-state index is 0.0945. The first-order chi connectivity index (χ1) is 15.7. The number of carbonyl (C=O) groups excluding carboxylic acids is 1. The van der Waals surface area contributed by atoms with Gasteiger partial charge in [0.2, 0.25) is 0 Å². The molecule has 3 fully saturated rings. The molecule has 3 saturated heterocycles. The van der Waals surface area contributed by atoms with Crippen LogP contribution in [-0.4, -0.2) is 45.7 Å². The van der Waals surface area contributed by atoms with Crippen molar-refractivity contribution in [3.05, 3.63) is 78.6 Å². The Labute approximate surface area is 187 Å². The third-order valence-corrected chi connectivity index (χ3v) is 7.12. The molecule has 3 aromatic rings. The highest BCUT2D eigenvalue weighted by atomic mass is 16.6. The smallest absolute Gasteiger partial charge is 0.257 e. The third-order valence-electron chi connectivity index (χ3n) is 7.12. The summed E-state index contributed by atoms with van der Waals surface area (Å²) in [5.74, 6) is 1.07. The zero-order valence-electron chi connectivity index (χ0n) is 17.9. The van der Waals surface area contributed by atoms with Crippen molar-refractivity contribution in [1.29, 1.82) is 0 Å². The number of fused-ring (bicyclic) bond motifs is 1. The van der Waals surface area contributed by atoms with Gasteiger partial charge in [0.1, 0.15) is 18.4 Å². The Balaban J connectivity index is 1.18. The van der Waals surface area contributed by atoms with E-state index in [-0.39, 0.29) is 18.2 Å². The van der Waals surface area contributed by atoms with Crippen molar-refractivity contribution >= 4 is 11.7 Å². The van der Waals surface area contributed by atoms with Gasteiger partial charge in [-0.05, 0) is 18.4 Å². The Morgan fingerprint density at radius 3 is 2.38 bits per heavy atom. The minimum Gasteiger partial charge on any atom is -0.356 e. The van der Waals surface area contributed by atoms with Crippen LogP contribution in [0.25, 0.3) is 11.3 Å². The largest absolute Gasteiger partial charge is 0.356 e. The Kier molecular flexibility index (Phi) is 4.68. The molecule has 0 bridgehead atoms. The lowest BCUT2D eigenvalue weighted by Gasteiger charge is -2.38. The second-order valence-corrected chi connectivity index (χ2v) is 8.90. The van der Waals surface area contributed by atoms with Crippen molar-refractivity contribution in [3.63, 3.8) is 0 Å². The molecule has 6 rings (SSSR count). The predicted octanol–water partition coefficient (Wildman–Crippen LogP) is 4.20. The highest BCUT2D eigenvalue weighted by molar-refractivity contribution is 5.88. The van der Waals surface area contributed by atoms with Gasteiger partial charge >= 0.3 is 0 Å². The fourth-order valence-electron chi connectivity index (χ4n) is 5.43. The van der Waals surface area contributed by atoms with Gasteiger partial charge in [-0.15, -0.1) is 0 Å². The maximum Gasteiger partial charge on any atom is 0.257 e. The summed E-state index contributed by atoms with van der Waals surface area (Å²) in [7, 11) is 0. The highest BCUT2D eigenvalue weighted by Crippen LogP contribution is 2.47. The molecule has 0 aliphatic carbocycles. The first-order valence-corrected chi connectivity index (χ1v) is 11.4. The number of benzene rings is 2. The molecule has 0 saturated carbocycles. The molecule has 3 aliphatic rings. The molecule has 6 nitrogen and oxygen atoms in total. The van der Waals surface area contributed by atoms with Crippen LogP contribution in [0, 0.1) is 0 Å². The van der Waals surface area contributed by atoms with Crippen LogP contribution >= 0.6 is 0 Å². The van der Waals surface area contributed by atoms with Crippen LogP contribution in [0.15, 0.2) is 73.1 Å². The Hall–Kier alpha value is -3.25. The van der Waals surface area contributed by atoms with Crippen molar-refractivity contribution in [2.24, 2.45) is 0 Å². The molecule has 3 aliphatic heterocycles. The number of aromatic nitrogens is 2. The van der Waals surface area contributed by atoms with E-state index in [4.69, 9.17) is 4.74 Å². The number of rotatable bonds is 3. The SMILES string of the molecule is O=C1N2C(CCC2c2ccccc2)OC12CCN(c1cc(-c3ccccc3)ncn1)CC2. The summed E-state index contributed by atoms with van der Waals surface area (Å²) in [6.45, 7) is 1.49. The van der Waals surface area contributed by atoms with Gasteiger partial charge in [0.15, 0.2) is 5.60 Å². The maximum absolute atomic E-state index is 13.6. The molecule has 4 heterocycles. The lowest BCUT2D eigenvalue weighted by Crippen LogP contribution is -2.50. The van der Waals surface area contributed by atoms with Crippen LogP contribution in [0.1, 0.15) is 37.3 Å². The number of hydrogen-bond donors (Lipinski definition) is 0. The van der Waals surface area contributed by atoms with Crippen molar-refractivity contribution in [2.45, 2.75) is 43.6 Å². The highest BCUT2D eigenvalue weighted by Gasteiger charge is 2.57. The van der Waals surface area contributed by atoms with Gasteiger partial charge in [-0.25, -0.2) is 9.97 Å². The Morgan fingerprint density at radius 2 is 1.62 bits per heavy atom. The van der Waals surface area contributed by atoms with E-state index in [9.17, 15) is 4.79 Å². The van der Waals surface area contributed by atoms with E-state index < -0.39 is 5.60 Å². The van der Waals surface area contributed by atoms with E-state index in [0.29, 0.717) is 12.8 Å². The molecule has 1 aromatic heterocycles. The van der Waals surface area contributed by atoms with Crippen molar-refractivity contribution < 1.29 is 9.53 Å². The summed E-state index contributed by atoms with van der Waals surface area (Å²) in [5, 5.41) is 0. The van der Waals surface area contributed by atoms with Gasteiger partial charge in [-0.3, -0.25) is 4.79 Å². The molecule has 0 radical (unpaired) electrons. The number of anilines is 1. The fourth-order valence-corrected chi connectivity index (χ4v) is 5.43. The van der Waals surface area contributed by atoms with Gasteiger partial charge < -0.3 is 14.5 Å². The molecule has 32 heavy (non-hydrogen) atoms. The molecule has 6 heteroatoms. The normalized spacial score (nSPS) is 24.2. The summed E-state index contributed by atoms with van der Waals surface area (Å²) in [6, 6.07) is 22.6. The zero-order chi connectivity index (χ0) is 21.5. The topological polar surface area (TPSA) is 58.6 Å². The summed E-state index contributed by atoms with van der Waals surface area (Å²) in [4.78, 5) is 26.8. The standard InChI is InChI=1S/C26H26N4O2/c31-25-26(32-24-12-11-22(30(24)25)20-9-5-2-6-10-20)13-15-29(16-14-26)23-17-21(27-18-28-23)19-7-3-1-4-8-19/h1-10,17-18,22,24H,11-16H2. The average Bonchev–Trinajstić information content (AvgIpc) is 3.39. The van der Waals surface area contributed by atoms with Crippen molar-refractivity contribution in [3.8, 4) is 11.3 Å². The number of piperidine rings is 1. The number of amides is 1. The van der Waals surface area contributed by atoms with E-state index in [1.54, 1.807) is 6.33 Å². The lowest BCUT2D eigenvalue weighted by molar-refractivity contribution is -0.140. The second-order valence-electron chi connectivity index (χ2n) is 8.90. The van der Waals surface area contributed by atoms with E-state index in [1.807, 2.05) is 47.4 Å². The fraction of sp³-hybridized carbons (Fsp3) is 0.346. The number of nitrogens with zero attached hydrogens (tertiary/aromatic N) is 4. The number of carbonyl (C=O) groups is 1. The first-order valence-electron chi connectivity index (χ1n) is 11.4. The third kappa shape index (κ3) is 3.17. The van der Waals surface area contributed by atoms with Crippen LogP contribution in [-0.2, 0) is 9.53 Å². The molecule has 1 amide bonds. The van der Waals surface area contributed by atoms with E-state index in [1.165, 1.54) is 5.56 Å². The summed E-state index contributed by atoms with van der Waals surface area (Å²) < 4.78 is 6.47. The molecular formula is C26H26N4O2. The van der Waals surface area contributed by atoms with Gasteiger partial charge in [-0.1, -0.05) is 60.7 Å². The Morgan fingerprint density at radius 1 is 0.906 bits per heavy atom. The molecule has 2 atom stereocenters. The van der Waals surface area contributed by atoms with Gasteiger partial charge in [0, 0.05) is 37.6 Å². The van der Waals surface area contributed by atoms with Crippen LogP contribution in [0.3, 0.4) is 0 Å². The van der Waals surface area contributed by atoms with Crippen LogP contribution in [0.4, 0.5) is 5.82 Å². The van der Waals surface area contributed by atoms with Gasteiger partial charge in [0.25, 0.3) is 5.91 Å². The molecule has 162 valence electrons. The molecular weight excluding hydrogens is 400 g/mol. The lowest BCUT2D eigenvalue weighted by atomic mass is 9.89. The molecule has 2 unspecified atom stereocenters. The van der Waals surface area contributed by atoms with Crippen molar-refractivity contribution in [1.82, 2.24) is 14.9 Å². The summed E-state index contributed by atoms with van der Waals surface area (Å²) in [5.41, 5.74) is 2.50. The number of hydrogen-bond acceptors (Lipinski definition) is 5. The van der Waals surface area contributed by atoms with Gasteiger partial charge in [-0.2, -0.15) is 0 Å². The van der Waals surface area contributed by atoms with Gasteiger partial charge in [0.05, 0.1) is 11.7 Å². The van der Waals surface area contributed by atoms with Crippen LogP contribution in [0.2, 0.25) is 0 Å². The molecule has 1 spiro atoms. The number of ether oxygens (including phenoxy) is 1. The quantitative estimate of drug-likeness (QED) is 0.628. The van der Waals surface area contributed by atoms with Crippen LogP contribution < -0.4 is 4.90 Å². The van der Waals surface area contributed by atoms with Crippen molar-refractivity contribution in [2.75, 3.05) is 18.0 Å². The first kappa shape index (κ1) is 19.4. The second kappa shape index (κ2) is 7.71. The summed E-state index contributed by atoms with van der Waals surface area (Å²) >= 11 is 0. The minimum atomic E-state index is -0.691. The summed E-state index contributed by atoms with van der Waals surface area (Å²) in [6.07, 6.45) is 4.77. The van der Waals surface area contributed by atoms with E-state index in [0.717, 1.165) is 43.0 Å².